The standard InChI is InChI=1S/C20H25N3O3.HI/c1-3-21-20(22-10-9-15-5-4-6-17(24)11-15)23(2)13-16-7-8-18-19(12-16)26-14-25-18;/h4-8,11-12,24H,3,9-10,13-14H2,1-2H3,(H,21,22);1H. The van der Waals surface area contributed by atoms with Gasteiger partial charge in [-0.25, -0.2) is 0 Å². The Kier molecular flexibility index (Phi) is 8.02. The summed E-state index contributed by atoms with van der Waals surface area (Å²) in [6.45, 7) is 4.51. The van der Waals surface area contributed by atoms with Crippen LogP contribution in [0.2, 0.25) is 0 Å². The van der Waals surface area contributed by atoms with Crippen molar-refractivity contribution in [1.82, 2.24) is 10.2 Å². The van der Waals surface area contributed by atoms with Gasteiger partial charge in [0.2, 0.25) is 6.79 Å². The van der Waals surface area contributed by atoms with Crippen LogP contribution in [0.5, 0.6) is 17.2 Å². The van der Waals surface area contributed by atoms with E-state index in [2.05, 4.69) is 17.1 Å². The maximum absolute atomic E-state index is 9.55. The van der Waals surface area contributed by atoms with E-state index in [-0.39, 0.29) is 30.8 Å². The molecule has 0 atom stereocenters. The summed E-state index contributed by atoms with van der Waals surface area (Å²) < 4.78 is 10.8. The smallest absolute Gasteiger partial charge is 0.231 e. The van der Waals surface area contributed by atoms with Gasteiger partial charge in [0.05, 0.1) is 0 Å². The van der Waals surface area contributed by atoms with Crippen molar-refractivity contribution in [1.29, 1.82) is 0 Å². The van der Waals surface area contributed by atoms with Crippen molar-refractivity contribution in [3.8, 4) is 17.2 Å². The number of aliphatic imine (C=N–C) groups is 1. The molecule has 0 aromatic heterocycles. The molecule has 146 valence electrons. The number of hydrogen-bond acceptors (Lipinski definition) is 4. The largest absolute Gasteiger partial charge is 0.508 e. The van der Waals surface area contributed by atoms with E-state index in [0.717, 1.165) is 41.6 Å². The van der Waals surface area contributed by atoms with Crippen LogP contribution >= 0.6 is 24.0 Å². The van der Waals surface area contributed by atoms with Gasteiger partial charge in [-0.3, -0.25) is 4.99 Å². The molecule has 0 spiro atoms. The van der Waals surface area contributed by atoms with E-state index in [9.17, 15) is 5.11 Å². The number of benzene rings is 2. The van der Waals surface area contributed by atoms with E-state index in [1.54, 1.807) is 12.1 Å². The number of nitrogens with one attached hydrogen (secondary N) is 1. The molecule has 0 unspecified atom stereocenters. The minimum absolute atomic E-state index is 0. The van der Waals surface area contributed by atoms with Gasteiger partial charge in [-0.15, -0.1) is 24.0 Å². The molecule has 0 amide bonds. The molecule has 0 fully saturated rings. The van der Waals surface area contributed by atoms with Crippen LogP contribution in [-0.4, -0.2) is 42.9 Å². The Labute approximate surface area is 177 Å². The summed E-state index contributed by atoms with van der Waals surface area (Å²) in [7, 11) is 2.01. The Morgan fingerprint density at radius 1 is 1.15 bits per heavy atom. The van der Waals surface area contributed by atoms with Gasteiger partial charge < -0.3 is 24.8 Å². The topological polar surface area (TPSA) is 66.3 Å². The van der Waals surface area contributed by atoms with Crippen molar-refractivity contribution in [3.05, 3.63) is 53.6 Å². The lowest BCUT2D eigenvalue weighted by molar-refractivity contribution is 0.174. The molecule has 1 heterocycles. The number of halogens is 1. The second-order valence-electron chi connectivity index (χ2n) is 6.20. The molecule has 1 aliphatic rings. The summed E-state index contributed by atoms with van der Waals surface area (Å²) in [5.74, 6) is 2.73. The summed E-state index contributed by atoms with van der Waals surface area (Å²) in [4.78, 5) is 6.79. The van der Waals surface area contributed by atoms with Crippen LogP contribution in [0.4, 0.5) is 0 Å². The number of fused-ring (bicyclic) bond motifs is 1. The number of ether oxygens (including phenoxy) is 2. The molecule has 2 N–H and O–H groups in total. The van der Waals surface area contributed by atoms with Crippen molar-refractivity contribution >= 4 is 29.9 Å². The SMILES string of the molecule is CCNC(=NCCc1cccc(O)c1)N(C)Cc1ccc2c(c1)OCO2.I. The zero-order valence-electron chi connectivity index (χ0n) is 15.6. The highest BCUT2D eigenvalue weighted by molar-refractivity contribution is 14.0. The van der Waals surface area contributed by atoms with Gasteiger partial charge in [-0.2, -0.15) is 0 Å². The Bertz CT molecular complexity index is 783. The zero-order chi connectivity index (χ0) is 18.4. The normalized spacial score (nSPS) is 12.4. The third kappa shape index (κ3) is 5.92. The first kappa shape index (κ1) is 21.1. The minimum Gasteiger partial charge on any atom is -0.508 e. The van der Waals surface area contributed by atoms with E-state index in [0.29, 0.717) is 18.8 Å². The lowest BCUT2D eigenvalue weighted by atomic mass is 10.1. The maximum Gasteiger partial charge on any atom is 0.231 e. The van der Waals surface area contributed by atoms with Gasteiger partial charge >= 0.3 is 0 Å². The van der Waals surface area contributed by atoms with Gasteiger partial charge in [0.1, 0.15) is 5.75 Å². The first-order valence-electron chi connectivity index (χ1n) is 8.81. The fourth-order valence-electron chi connectivity index (χ4n) is 2.86. The van der Waals surface area contributed by atoms with Gasteiger partial charge in [0.15, 0.2) is 17.5 Å². The predicted octanol–water partition coefficient (Wildman–Crippen LogP) is 3.38. The fourth-order valence-corrected chi connectivity index (χ4v) is 2.86. The number of aromatic hydroxyl groups is 1. The molecular weight excluding hydrogens is 457 g/mol. The molecule has 7 heteroatoms. The summed E-state index contributed by atoms with van der Waals surface area (Å²) >= 11 is 0. The number of rotatable bonds is 6. The number of nitrogens with zero attached hydrogens (tertiary/aromatic N) is 2. The molecule has 0 saturated carbocycles. The molecule has 0 aliphatic carbocycles. The van der Waals surface area contributed by atoms with E-state index in [4.69, 9.17) is 14.5 Å². The van der Waals surface area contributed by atoms with Crippen molar-refractivity contribution in [3.63, 3.8) is 0 Å². The molecule has 6 nitrogen and oxygen atoms in total. The molecule has 27 heavy (non-hydrogen) atoms. The zero-order valence-corrected chi connectivity index (χ0v) is 18.0. The summed E-state index contributed by atoms with van der Waals surface area (Å²) in [5.41, 5.74) is 2.21. The molecule has 3 rings (SSSR count). The Morgan fingerprint density at radius 2 is 1.96 bits per heavy atom. The van der Waals surface area contributed by atoms with E-state index in [1.807, 2.05) is 37.4 Å². The molecule has 2 aromatic carbocycles. The lowest BCUT2D eigenvalue weighted by Crippen LogP contribution is -2.38. The van der Waals surface area contributed by atoms with Crippen LogP contribution in [-0.2, 0) is 13.0 Å². The summed E-state index contributed by atoms with van der Waals surface area (Å²) in [6.07, 6.45) is 0.779. The van der Waals surface area contributed by atoms with Crippen molar-refractivity contribution in [2.45, 2.75) is 19.9 Å². The highest BCUT2D eigenvalue weighted by Crippen LogP contribution is 2.32. The van der Waals surface area contributed by atoms with Crippen molar-refractivity contribution in [2.75, 3.05) is 26.9 Å². The molecule has 0 bridgehead atoms. The average molecular weight is 483 g/mol. The minimum atomic E-state index is 0. The van der Waals surface area contributed by atoms with Crippen LogP contribution in [0.1, 0.15) is 18.1 Å². The summed E-state index contributed by atoms with van der Waals surface area (Å²) in [5, 5.41) is 12.9. The van der Waals surface area contributed by atoms with Crippen molar-refractivity contribution in [2.24, 2.45) is 4.99 Å². The Balaban J connectivity index is 0.00000261. The number of phenols is 1. The van der Waals surface area contributed by atoms with Crippen LogP contribution in [0.25, 0.3) is 0 Å². The Morgan fingerprint density at radius 3 is 2.74 bits per heavy atom. The quantitative estimate of drug-likeness (QED) is 0.375. The number of hydrogen-bond donors (Lipinski definition) is 2. The second kappa shape index (κ2) is 10.2. The van der Waals surface area contributed by atoms with Gasteiger partial charge in [0.25, 0.3) is 0 Å². The van der Waals surface area contributed by atoms with E-state index in [1.165, 1.54) is 0 Å². The molecule has 2 aromatic rings. The fraction of sp³-hybridized carbons (Fsp3) is 0.350. The van der Waals surface area contributed by atoms with Gasteiger partial charge in [0, 0.05) is 26.7 Å². The van der Waals surface area contributed by atoms with E-state index >= 15 is 0 Å². The molecule has 0 saturated heterocycles. The summed E-state index contributed by atoms with van der Waals surface area (Å²) in [6, 6.07) is 13.3. The molecular formula is C20H26IN3O3. The first-order valence-corrected chi connectivity index (χ1v) is 8.81. The predicted molar refractivity (Wildman–Crippen MR) is 117 cm³/mol. The lowest BCUT2D eigenvalue weighted by Gasteiger charge is -2.22. The average Bonchev–Trinajstić information content (AvgIpc) is 3.09. The third-order valence-corrected chi connectivity index (χ3v) is 4.13. The third-order valence-electron chi connectivity index (χ3n) is 4.13. The molecule has 1 aliphatic heterocycles. The van der Waals surface area contributed by atoms with Crippen LogP contribution in [0, 0.1) is 0 Å². The van der Waals surface area contributed by atoms with Gasteiger partial charge in [-0.05, 0) is 48.7 Å². The number of guanidine groups is 1. The monoisotopic (exact) mass is 483 g/mol. The maximum atomic E-state index is 9.55. The van der Waals surface area contributed by atoms with Crippen LogP contribution in [0.15, 0.2) is 47.5 Å². The van der Waals surface area contributed by atoms with Crippen LogP contribution in [0.3, 0.4) is 0 Å². The number of phenolic OH excluding ortho intramolecular Hbond substituents is 1. The van der Waals surface area contributed by atoms with E-state index < -0.39 is 0 Å². The van der Waals surface area contributed by atoms with Crippen LogP contribution < -0.4 is 14.8 Å². The Hall–Kier alpha value is -2.16. The molecule has 0 radical (unpaired) electrons. The highest BCUT2D eigenvalue weighted by Gasteiger charge is 2.14. The highest BCUT2D eigenvalue weighted by atomic mass is 127. The van der Waals surface area contributed by atoms with Gasteiger partial charge in [-0.1, -0.05) is 18.2 Å². The first-order chi connectivity index (χ1) is 12.7. The second-order valence-corrected chi connectivity index (χ2v) is 6.20. The van der Waals surface area contributed by atoms with Crippen molar-refractivity contribution < 1.29 is 14.6 Å².